The molecule has 2 rings (SSSR count). The molecule has 1 saturated heterocycles. The van der Waals surface area contributed by atoms with E-state index in [2.05, 4.69) is 23.8 Å². The van der Waals surface area contributed by atoms with Gasteiger partial charge in [-0.15, -0.1) is 0 Å². The number of hydrogen-bond donors (Lipinski definition) is 1. The minimum Gasteiger partial charge on any atom is -0.390 e. The van der Waals surface area contributed by atoms with Gasteiger partial charge in [-0.3, -0.25) is 4.79 Å². The SMILES string of the molecule is Cc1nc(C(C)C)ncc1C(=O)N1CC[C@](C)(O)[C@H](CC(C)C)C1. The Morgan fingerprint density at radius 2 is 2.08 bits per heavy atom. The van der Waals surface area contributed by atoms with Crippen molar-refractivity contribution < 1.29 is 9.90 Å². The number of likely N-dealkylation sites (tertiary alicyclic amines) is 1. The molecule has 1 aromatic rings. The van der Waals surface area contributed by atoms with Crippen molar-refractivity contribution in [2.24, 2.45) is 11.8 Å². The zero-order valence-corrected chi connectivity index (χ0v) is 15.8. The zero-order chi connectivity index (χ0) is 18.1. The third-order valence-electron chi connectivity index (χ3n) is 5.00. The Kier molecular flexibility index (Phi) is 5.63. The van der Waals surface area contributed by atoms with E-state index in [4.69, 9.17) is 0 Å². The molecule has 0 bridgehead atoms. The molecule has 134 valence electrons. The lowest BCUT2D eigenvalue weighted by atomic mass is 9.78. The van der Waals surface area contributed by atoms with Crippen molar-refractivity contribution in [3.8, 4) is 0 Å². The quantitative estimate of drug-likeness (QED) is 0.919. The molecule has 5 heteroatoms. The molecule has 0 unspecified atom stereocenters. The summed E-state index contributed by atoms with van der Waals surface area (Å²) < 4.78 is 0. The molecular weight excluding hydrogens is 302 g/mol. The summed E-state index contributed by atoms with van der Waals surface area (Å²) >= 11 is 0. The van der Waals surface area contributed by atoms with Crippen LogP contribution in [0.4, 0.5) is 0 Å². The van der Waals surface area contributed by atoms with E-state index >= 15 is 0 Å². The van der Waals surface area contributed by atoms with Crippen LogP contribution >= 0.6 is 0 Å². The van der Waals surface area contributed by atoms with E-state index in [1.54, 1.807) is 6.20 Å². The molecule has 1 aliphatic heterocycles. The van der Waals surface area contributed by atoms with Crippen LogP contribution < -0.4 is 0 Å². The first-order chi connectivity index (χ1) is 11.1. The van der Waals surface area contributed by atoms with Gasteiger partial charge in [0, 0.05) is 31.1 Å². The molecule has 2 atom stereocenters. The summed E-state index contributed by atoms with van der Waals surface area (Å²) in [6.45, 7) is 13.3. The third-order valence-corrected chi connectivity index (χ3v) is 5.00. The monoisotopic (exact) mass is 333 g/mol. The zero-order valence-electron chi connectivity index (χ0n) is 15.8. The maximum Gasteiger partial charge on any atom is 0.257 e. The predicted octanol–water partition coefficient (Wildman–Crippen LogP) is 3.17. The Morgan fingerprint density at radius 3 is 2.62 bits per heavy atom. The number of carbonyl (C=O) groups excluding carboxylic acids is 1. The van der Waals surface area contributed by atoms with Gasteiger partial charge in [-0.25, -0.2) is 9.97 Å². The molecule has 1 fully saturated rings. The van der Waals surface area contributed by atoms with Crippen LogP contribution in [0.2, 0.25) is 0 Å². The number of rotatable bonds is 4. The Balaban J connectivity index is 2.18. The smallest absolute Gasteiger partial charge is 0.257 e. The van der Waals surface area contributed by atoms with Crippen LogP contribution in [0.15, 0.2) is 6.20 Å². The van der Waals surface area contributed by atoms with Gasteiger partial charge in [0.25, 0.3) is 5.91 Å². The Labute approximate surface area is 145 Å². The molecule has 1 amide bonds. The van der Waals surface area contributed by atoms with Crippen molar-refractivity contribution in [2.45, 2.75) is 65.9 Å². The van der Waals surface area contributed by atoms with Gasteiger partial charge >= 0.3 is 0 Å². The van der Waals surface area contributed by atoms with E-state index in [9.17, 15) is 9.90 Å². The summed E-state index contributed by atoms with van der Waals surface area (Å²) in [4.78, 5) is 23.6. The average molecular weight is 333 g/mol. The minimum absolute atomic E-state index is 0.0212. The highest BCUT2D eigenvalue weighted by atomic mass is 16.3. The van der Waals surface area contributed by atoms with Gasteiger partial charge in [-0.05, 0) is 32.6 Å². The topological polar surface area (TPSA) is 66.3 Å². The first-order valence-electron chi connectivity index (χ1n) is 8.97. The van der Waals surface area contributed by atoms with E-state index in [-0.39, 0.29) is 17.7 Å². The molecule has 5 nitrogen and oxygen atoms in total. The van der Waals surface area contributed by atoms with E-state index in [0.29, 0.717) is 31.0 Å². The molecule has 0 radical (unpaired) electrons. The number of amides is 1. The highest BCUT2D eigenvalue weighted by molar-refractivity contribution is 5.95. The predicted molar refractivity (Wildman–Crippen MR) is 94.9 cm³/mol. The van der Waals surface area contributed by atoms with Gasteiger partial charge < -0.3 is 10.0 Å². The molecule has 1 aromatic heterocycles. The van der Waals surface area contributed by atoms with E-state index in [1.165, 1.54) is 0 Å². The maximum absolute atomic E-state index is 12.9. The van der Waals surface area contributed by atoms with Crippen LogP contribution in [-0.4, -0.2) is 44.6 Å². The second-order valence-electron chi connectivity index (χ2n) is 8.07. The fourth-order valence-corrected chi connectivity index (χ4v) is 3.34. The van der Waals surface area contributed by atoms with Crippen LogP contribution in [0.1, 0.15) is 75.3 Å². The van der Waals surface area contributed by atoms with Crippen molar-refractivity contribution >= 4 is 5.91 Å². The van der Waals surface area contributed by atoms with Crippen LogP contribution in [0, 0.1) is 18.8 Å². The lowest BCUT2D eigenvalue weighted by Gasteiger charge is -2.43. The van der Waals surface area contributed by atoms with Crippen LogP contribution in [0.3, 0.4) is 0 Å². The van der Waals surface area contributed by atoms with Gasteiger partial charge in [0.15, 0.2) is 0 Å². The largest absolute Gasteiger partial charge is 0.390 e. The first-order valence-corrected chi connectivity index (χ1v) is 8.97. The second-order valence-corrected chi connectivity index (χ2v) is 8.07. The molecule has 0 aliphatic carbocycles. The van der Waals surface area contributed by atoms with E-state index in [0.717, 1.165) is 17.9 Å². The van der Waals surface area contributed by atoms with Crippen LogP contribution in [0.5, 0.6) is 0 Å². The number of aryl methyl sites for hydroxylation is 1. The number of carbonyl (C=O) groups is 1. The fraction of sp³-hybridized carbons (Fsp3) is 0.737. The molecule has 0 aromatic carbocycles. The summed E-state index contributed by atoms with van der Waals surface area (Å²) in [7, 11) is 0. The van der Waals surface area contributed by atoms with Gasteiger partial charge in [0.2, 0.25) is 0 Å². The molecule has 0 spiro atoms. The summed E-state index contributed by atoms with van der Waals surface area (Å²) in [6, 6.07) is 0. The summed E-state index contributed by atoms with van der Waals surface area (Å²) in [6.07, 6.45) is 3.18. The number of aliphatic hydroxyl groups is 1. The van der Waals surface area contributed by atoms with Gasteiger partial charge in [0.05, 0.1) is 16.9 Å². The maximum atomic E-state index is 12.9. The standard InChI is InChI=1S/C19H31N3O2/c1-12(2)9-15-11-22(8-7-19(15,6)24)18(23)16-10-20-17(13(3)4)21-14(16)5/h10,12-13,15,24H,7-9,11H2,1-6H3/t15-,19+/m1/s1. The lowest BCUT2D eigenvalue weighted by molar-refractivity contribution is -0.0577. The lowest BCUT2D eigenvalue weighted by Crippen LogP contribution is -2.52. The number of piperidine rings is 1. The molecule has 1 N–H and O–H groups in total. The summed E-state index contributed by atoms with van der Waals surface area (Å²) in [5.41, 5.74) is 0.606. The number of hydrogen-bond acceptors (Lipinski definition) is 4. The van der Waals surface area contributed by atoms with Crippen molar-refractivity contribution in [1.29, 1.82) is 0 Å². The van der Waals surface area contributed by atoms with Crippen LogP contribution in [0.25, 0.3) is 0 Å². The molecule has 1 aliphatic rings. The molecule has 0 saturated carbocycles. The van der Waals surface area contributed by atoms with Crippen molar-refractivity contribution in [3.63, 3.8) is 0 Å². The number of nitrogens with zero attached hydrogens (tertiary/aromatic N) is 3. The second kappa shape index (κ2) is 7.18. The first kappa shape index (κ1) is 18.8. The third kappa shape index (κ3) is 4.12. The molecule has 24 heavy (non-hydrogen) atoms. The average Bonchev–Trinajstić information content (AvgIpc) is 2.48. The van der Waals surface area contributed by atoms with Gasteiger partial charge in [-0.2, -0.15) is 0 Å². The van der Waals surface area contributed by atoms with Crippen LogP contribution in [-0.2, 0) is 0 Å². The van der Waals surface area contributed by atoms with Gasteiger partial charge in [0.1, 0.15) is 5.82 Å². The molecule has 2 heterocycles. The van der Waals surface area contributed by atoms with E-state index in [1.807, 2.05) is 32.6 Å². The Bertz CT molecular complexity index is 596. The summed E-state index contributed by atoms with van der Waals surface area (Å²) in [5, 5.41) is 10.6. The van der Waals surface area contributed by atoms with Crippen molar-refractivity contribution in [1.82, 2.24) is 14.9 Å². The highest BCUT2D eigenvalue weighted by Gasteiger charge is 2.39. The van der Waals surface area contributed by atoms with E-state index < -0.39 is 5.60 Å². The Hall–Kier alpha value is -1.49. The normalized spacial score (nSPS) is 24.7. The highest BCUT2D eigenvalue weighted by Crippen LogP contribution is 2.33. The molecular formula is C19H31N3O2. The Morgan fingerprint density at radius 1 is 1.42 bits per heavy atom. The number of aromatic nitrogens is 2. The van der Waals surface area contributed by atoms with Crippen molar-refractivity contribution in [2.75, 3.05) is 13.1 Å². The summed E-state index contributed by atoms with van der Waals surface area (Å²) in [5.74, 6) is 1.59. The fourth-order valence-electron chi connectivity index (χ4n) is 3.34. The van der Waals surface area contributed by atoms with Gasteiger partial charge in [-0.1, -0.05) is 27.7 Å². The van der Waals surface area contributed by atoms with Crippen molar-refractivity contribution in [3.05, 3.63) is 23.3 Å². The minimum atomic E-state index is -0.700.